The fraction of sp³-hybridized carbons (Fsp3) is 0.500. The number of alkyl halides is 2. The summed E-state index contributed by atoms with van der Waals surface area (Å²) < 4.78 is 43.7. The molecule has 39 heavy (non-hydrogen) atoms. The Bertz CT molecular complexity index is 1420. The van der Waals surface area contributed by atoms with Crippen molar-refractivity contribution in [2.45, 2.75) is 69.5 Å². The lowest BCUT2D eigenvalue weighted by Gasteiger charge is -2.38. The third-order valence-corrected chi connectivity index (χ3v) is 7.87. The molecule has 1 atom stereocenters. The lowest BCUT2D eigenvalue weighted by molar-refractivity contribution is -0.146. The minimum absolute atomic E-state index is 0.0125. The van der Waals surface area contributed by atoms with E-state index in [2.05, 4.69) is 15.6 Å². The van der Waals surface area contributed by atoms with Crippen LogP contribution in [0.3, 0.4) is 0 Å². The molecule has 6 rings (SSSR count). The summed E-state index contributed by atoms with van der Waals surface area (Å²) in [4.78, 5) is 57.2. The van der Waals surface area contributed by atoms with Crippen LogP contribution in [0, 0.1) is 12.7 Å². The Morgan fingerprint density at radius 3 is 2.56 bits per heavy atom. The second kappa shape index (κ2) is 9.69. The van der Waals surface area contributed by atoms with Gasteiger partial charge in [-0.25, -0.2) is 18.2 Å². The van der Waals surface area contributed by atoms with Crippen molar-refractivity contribution < 1.29 is 32.7 Å². The quantitative estimate of drug-likeness (QED) is 0.497. The maximum atomic E-state index is 15.6. The molecule has 4 aliphatic rings. The predicted octanol–water partition coefficient (Wildman–Crippen LogP) is 1.50. The average Bonchev–Trinajstić information content (AvgIpc) is 3.25. The molecule has 2 aromatic rings. The molecule has 10 nitrogen and oxygen atoms in total. The number of nitrogens with one attached hydrogen (secondary N) is 2. The summed E-state index contributed by atoms with van der Waals surface area (Å²) in [6.45, 7) is 0.918. The van der Waals surface area contributed by atoms with Crippen LogP contribution < -0.4 is 16.2 Å². The van der Waals surface area contributed by atoms with Gasteiger partial charge in [0.05, 0.1) is 18.6 Å². The van der Waals surface area contributed by atoms with Gasteiger partial charge in [-0.15, -0.1) is 0 Å². The Kier molecular flexibility index (Phi) is 6.63. The van der Waals surface area contributed by atoms with Crippen LogP contribution in [0.5, 0.6) is 5.75 Å². The van der Waals surface area contributed by atoms with Crippen LogP contribution >= 0.6 is 0 Å². The fourth-order valence-electron chi connectivity index (χ4n) is 5.58. The van der Waals surface area contributed by atoms with E-state index < -0.39 is 64.5 Å². The van der Waals surface area contributed by atoms with E-state index in [0.29, 0.717) is 11.1 Å². The van der Waals surface area contributed by atoms with Crippen molar-refractivity contribution in [2.24, 2.45) is 0 Å². The molecule has 208 valence electrons. The fourth-order valence-corrected chi connectivity index (χ4v) is 5.58. The molecule has 4 heterocycles. The highest BCUT2D eigenvalue weighted by Crippen LogP contribution is 2.46. The van der Waals surface area contributed by atoms with Crippen molar-refractivity contribution in [1.82, 2.24) is 25.1 Å². The molecule has 1 saturated carbocycles. The van der Waals surface area contributed by atoms with Crippen molar-refractivity contribution in [3.63, 3.8) is 0 Å². The Labute approximate surface area is 221 Å². The van der Waals surface area contributed by atoms with Gasteiger partial charge in [0.1, 0.15) is 23.5 Å². The van der Waals surface area contributed by atoms with E-state index in [1.54, 1.807) is 6.92 Å². The van der Waals surface area contributed by atoms with Gasteiger partial charge in [-0.3, -0.25) is 23.7 Å². The molecule has 3 N–H and O–H groups in total. The number of nitrogens with zero attached hydrogens (tertiary/aromatic N) is 3. The van der Waals surface area contributed by atoms with Gasteiger partial charge in [0.25, 0.3) is 11.5 Å². The number of aromatic nitrogens is 2. The lowest BCUT2D eigenvalue weighted by Crippen LogP contribution is -2.54. The highest BCUT2D eigenvalue weighted by Gasteiger charge is 2.52. The number of hydrogen-bond acceptors (Lipinski definition) is 6. The van der Waals surface area contributed by atoms with E-state index in [9.17, 15) is 33.1 Å². The van der Waals surface area contributed by atoms with Crippen molar-refractivity contribution >= 4 is 17.7 Å². The second-order valence-corrected chi connectivity index (χ2v) is 10.6. The minimum Gasteiger partial charge on any atom is -0.501 e. The number of aromatic hydroxyl groups is 1. The van der Waals surface area contributed by atoms with Crippen LogP contribution in [0.25, 0.3) is 0 Å². The standard InChI is InChI=1S/C26H28F3N5O5/c1-14-10-15(2-3-17(14)28)11-30-20(36)18-19(35)22(38)34-13-25(29)5-7-26(8-6-25,24(34)31-18)32-21(37)23(39)33-9-4-16(27)12-33/h2-3,10,16,35H,4-9,11-13H2,1H3,(H,30,36)(H,32,37). The summed E-state index contributed by atoms with van der Waals surface area (Å²) in [5.74, 6) is -4.46. The number of rotatable bonds is 4. The van der Waals surface area contributed by atoms with Crippen molar-refractivity contribution in [2.75, 3.05) is 13.1 Å². The third-order valence-electron chi connectivity index (χ3n) is 7.87. The molecule has 2 fully saturated rings. The molecule has 2 bridgehead atoms. The summed E-state index contributed by atoms with van der Waals surface area (Å²) in [5, 5.41) is 15.7. The summed E-state index contributed by atoms with van der Waals surface area (Å²) in [5.41, 5.74) is -4.04. The first-order valence-electron chi connectivity index (χ1n) is 12.7. The first-order valence-corrected chi connectivity index (χ1v) is 12.7. The number of carbonyl (C=O) groups is 3. The van der Waals surface area contributed by atoms with Crippen molar-refractivity contribution in [1.29, 1.82) is 0 Å². The summed E-state index contributed by atoms with van der Waals surface area (Å²) in [6, 6.07) is 4.24. The number of carbonyl (C=O) groups excluding carboxylic acids is 3. The largest absolute Gasteiger partial charge is 0.501 e. The third kappa shape index (κ3) is 4.85. The zero-order valence-corrected chi connectivity index (χ0v) is 21.2. The molecule has 13 heteroatoms. The van der Waals surface area contributed by atoms with Crippen LogP contribution in [0.2, 0.25) is 0 Å². The maximum Gasteiger partial charge on any atom is 0.312 e. The number of amides is 3. The maximum absolute atomic E-state index is 15.6. The van der Waals surface area contributed by atoms with E-state index in [4.69, 9.17) is 0 Å². The van der Waals surface area contributed by atoms with Gasteiger partial charge in [-0.2, -0.15) is 0 Å². The van der Waals surface area contributed by atoms with Crippen LogP contribution in [0.4, 0.5) is 13.2 Å². The lowest BCUT2D eigenvalue weighted by atomic mass is 9.76. The van der Waals surface area contributed by atoms with Crippen LogP contribution in [0.15, 0.2) is 23.0 Å². The molecule has 3 amide bonds. The molecular formula is C26H28F3N5O5. The summed E-state index contributed by atoms with van der Waals surface area (Å²) in [7, 11) is 0. The molecule has 1 aromatic carbocycles. The van der Waals surface area contributed by atoms with Gasteiger partial charge in [-0.05, 0) is 56.2 Å². The van der Waals surface area contributed by atoms with Gasteiger partial charge < -0.3 is 20.6 Å². The molecule has 3 aliphatic heterocycles. The number of benzene rings is 1. The SMILES string of the molecule is Cc1cc(CNC(=O)c2nc3n(c(=O)c2O)CC2(F)CCC3(NC(=O)C(=O)N3CCC(F)C3)CC2)ccc1F. The number of fused-ring (bicyclic) bond motifs is 2. The molecule has 1 aromatic heterocycles. The first kappa shape index (κ1) is 26.7. The topological polar surface area (TPSA) is 134 Å². The normalized spacial score (nSPS) is 25.6. The van der Waals surface area contributed by atoms with Crippen LogP contribution in [-0.2, 0) is 28.2 Å². The average molecular weight is 548 g/mol. The summed E-state index contributed by atoms with van der Waals surface area (Å²) >= 11 is 0. The van der Waals surface area contributed by atoms with E-state index in [1.807, 2.05) is 0 Å². The first-order chi connectivity index (χ1) is 18.4. The zero-order chi connectivity index (χ0) is 28.1. The zero-order valence-electron chi connectivity index (χ0n) is 21.2. The summed E-state index contributed by atoms with van der Waals surface area (Å²) in [6.07, 6.45) is -1.27. The van der Waals surface area contributed by atoms with Gasteiger partial charge in [-0.1, -0.05) is 12.1 Å². The van der Waals surface area contributed by atoms with Crippen molar-refractivity contribution in [3.05, 3.63) is 57.0 Å². The van der Waals surface area contributed by atoms with E-state index in [-0.39, 0.29) is 57.6 Å². The van der Waals surface area contributed by atoms with E-state index in [1.165, 1.54) is 18.2 Å². The molecule has 1 aliphatic carbocycles. The molecule has 0 radical (unpaired) electrons. The van der Waals surface area contributed by atoms with E-state index >= 15 is 4.39 Å². The Morgan fingerprint density at radius 2 is 1.92 bits per heavy atom. The molecule has 0 spiro atoms. The van der Waals surface area contributed by atoms with Crippen LogP contribution in [0.1, 0.15) is 59.5 Å². The van der Waals surface area contributed by atoms with Gasteiger partial charge in [0.15, 0.2) is 5.69 Å². The van der Waals surface area contributed by atoms with E-state index in [0.717, 1.165) is 9.47 Å². The highest BCUT2D eigenvalue weighted by atomic mass is 19.1. The van der Waals surface area contributed by atoms with Gasteiger partial charge in [0, 0.05) is 13.1 Å². The Hall–Kier alpha value is -3.90. The number of aryl methyl sites for hydroxylation is 1. The monoisotopic (exact) mass is 547 g/mol. The number of hydrogen-bond donors (Lipinski definition) is 3. The second-order valence-electron chi connectivity index (χ2n) is 10.6. The van der Waals surface area contributed by atoms with Crippen molar-refractivity contribution in [3.8, 4) is 5.75 Å². The minimum atomic E-state index is -1.82. The Morgan fingerprint density at radius 1 is 1.21 bits per heavy atom. The van der Waals surface area contributed by atoms with Gasteiger partial charge >= 0.3 is 11.8 Å². The van der Waals surface area contributed by atoms with Gasteiger partial charge in [0.2, 0.25) is 5.75 Å². The number of likely N-dealkylation sites (tertiary alicyclic amines) is 1. The molecule has 1 saturated heterocycles. The molecule has 1 unspecified atom stereocenters. The number of halogens is 3. The predicted molar refractivity (Wildman–Crippen MR) is 131 cm³/mol. The smallest absolute Gasteiger partial charge is 0.312 e. The molecular weight excluding hydrogens is 519 g/mol. The Balaban J connectivity index is 1.47. The highest BCUT2D eigenvalue weighted by molar-refractivity contribution is 6.35. The van der Waals surface area contributed by atoms with Crippen LogP contribution in [-0.4, -0.2) is 62.2 Å².